The van der Waals surface area contributed by atoms with Crippen LogP contribution in [0.4, 0.5) is 4.79 Å². The van der Waals surface area contributed by atoms with Gasteiger partial charge in [0.1, 0.15) is 0 Å². The van der Waals surface area contributed by atoms with E-state index in [1.807, 2.05) is 17.0 Å². The number of carbonyl (C=O) groups is 1. The molecule has 0 radical (unpaired) electrons. The van der Waals surface area contributed by atoms with E-state index in [1.54, 1.807) is 12.4 Å². The Kier molecular flexibility index (Phi) is 6.01. The SMILES string of the molecule is N#CCCN(C(=O)NCc1cccnc1)C1CCCCC1. The molecule has 0 aliphatic heterocycles. The summed E-state index contributed by atoms with van der Waals surface area (Å²) in [5, 5.41) is 11.7. The van der Waals surface area contributed by atoms with Gasteiger partial charge in [-0.1, -0.05) is 25.3 Å². The van der Waals surface area contributed by atoms with E-state index in [0.717, 1.165) is 18.4 Å². The standard InChI is InChI=1S/C16H22N4O/c17-9-5-11-20(15-7-2-1-3-8-15)16(21)19-13-14-6-4-10-18-12-14/h4,6,10,12,15H,1-3,5,7-8,11,13H2,(H,19,21). The highest BCUT2D eigenvalue weighted by Crippen LogP contribution is 2.22. The van der Waals surface area contributed by atoms with Crippen molar-refractivity contribution >= 4 is 6.03 Å². The van der Waals surface area contributed by atoms with Gasteiger partial charge in [-0.25, -0.2) is 4.79 Å². The highest BCUT2D eigenvalue weighted by Gasteiger charge is 2.24. The maximum absolute atomic E-state index is 12.4. The molecular weight excluding hydrogens is 264 g/mol. The minimum atomic E-state index is -0.0685. The fourth-order valence-electron chi connectivity index (χ4n) is 2.80. The van der Waals surface area contributed by atoms with Crippen LogP contribution in [-0.4, -0.2) is 28.5 Å². The molecule has 1 fully saturated rings. The largest absolute Gasteiger partial charge is 0.334 e. The molecule has 0 atom stereocenters. The molecule has 1 aliphatic carbocycles. The molecule has 2 rings (SSSR count). The van der Waals surface area contributed by atoms with Crippen molar-refractivity contribution in [1.82, 2.24) is 15.2 Å². The monoisotopic (exact) mass is 286 g/mol. The molecule has 5 nitrogen and oxygen atoms in total. The maximum atomic E-state index is 12.4. The third kappa shape index (κ3) is 4.75. The zero-order valence-electron chi connectivity index (χ0n) is 12.3. The van der Waals surface area contributed by atoms with Gasteiger partial charge in [-0.3, -0.25) is 4.98 Å². The highest BCUT2D eigenvalue weighted by atomic mass is 16.2. The van der Waals surface area contributed by atoms with E-state index < -0.39 is 0 Å². The molecule has 5 heteroatoms. The predicted molar refractivity (Wildman–Crippen MR) is 80.3 cm³/mol. The van der Waals surface area contributed by atoms with Gasteiger partial charge < -0.3 is 10.2 Å². The van der Waals surface area contributed by atoms with Gasteiger partial charge in [0.2, 0.25) is 0 Å². The Morgan fingerprint density at radius 1 is 1.43 bits per heavy atom. The number of nitriles is 1. The Hall–Kier alpha value is -2.09. The lowest BCUT2D eigenvalue weighted by atomic mass is 9.94. The number of amides is 2. The van der Waals surface area contributed by atoms with Gasteiger partial charge in [0.25, 0.3) is 0 Å². The lowest BCUT2D eigenvalue weighted by molar-refractivity contribution is 0.157. The molecule has 0 saturated heterocycles. The van der Waals surface area contributed by atoms with Crippen molar-refractivity contribution in [3.63, 3.8) is 0 Å². The Morgan fingerprint density at radius 2 is 2.24 bits per heavy atom. The van der Waals surface area contributed by atoms with Gasteiger partial charge in [0.15, 0.2) is 0 Å². The second kappa shape index (κ2) is 8.25. The van der Waals surface area contributed by atoms with Crippen molar-refractivity contribution < 1.29 is 4.79 Å². The van der Waals surface area contributed by atoms with Crippen LogP contribution in [-0.2, 0) is 6.54 Å². The van der Waals surface area contributed by atoms with Crippen molar-refractivity contribution in [3.8, 4) is 6.07 Å². The molecule has 21 heavy (non-hydrogen) atoms. The second-order valence-electron chi connectivity index (χ2n) is 5.41. The molecule has 0 bridgehead atoms. The van der Waals surface area contributed by atoms with Crippen LogP contribution in [0.15, 0.2) is 24.5 Å². The van der Waals surface area contributed by atoms with E-state index in [1.165, 1.54) is 19.3 Å². The summed E-state index contributed by atoms with van der Waals surface area (Å²) in [5.41, 5.74) is 0.981. The van der Waals surface area contributed by atoms with Gasteiger partial charge >= 0.3 is 6.03 Å². The number of nitrogens with one attached hydrogen (secondary N) is 1. The van der Waals surface area contributed by atoms with E-state index in [0.29, 0.717) is 19.5 Å². The molecule has 1 N–H and O–H groups in total. The minimum Gasteiger partial charge on any atom is -0.334 e. The molecule has 0 unspecified atom stereocenters. The molecule has 1 aliphatic rings. The van der Waals surface area contributed by atoms with Crippen LogP contribution >= 0.6 is 0 Å². The maximum Gasteiger partial charge on any atom is 0.317 e. The molecule has 112 valence electrons. The molecule has 0 aromatic carbocycles. The average Bonchev–Trinajstić information content (AvgIpc) is 2.55. The van der Waals surface area contributed by atoms with Crippen LogP contribution < -0.4 is 5.32 Å². The molecule has 1 saturated carbocycles. The van der Waals surface area contributed by atoms with Gasteiger partial charge in [0, 0.05) is 31.5 Å². The third-order valence-corrected chi connectivity index (χ3v) is 3.91. The lowest BCUT2D eigenvalue weighted by Crippen LogP contribution is -2.47. The van der Waals surface area contributed by atoms with Crippen molar-refractivity contribution in [1.29, 1.82) is 5.26 Å². The van der Waals surface area contributed by atoms with Crippen LogP contribution in [0.25, 0.3) is 0 Å². The van der Waals surface area contributed by atoms with Crippen molar-refractivity contribution in [2.45, 2.75) is 51.1 Å². The summed E-state index contributed by atoms with van der Waals surface area (Å²) < 4.78 is 0. The fourth-order valence-corrected chi connectivity index (χ4v) is 2.80. The number of pyridine rings is 1. The van der Waals surface area contributed by atoms with Crippen molar-refractivity contribution in [3.05, 3.63) is 30.1 Å². The first-order chi connectivity index (χ1) is 10.3. The summed E-state index contributed by atoms with van der Waals surface area (Å²) in [5.74, 6) is 0. The first-order valence-corrected chi connectivity index (χ1v) is 7.61. The number of carbonyl (C=O) groups excluding carboxylic acids is 1. The molecule has 0 spiro atoms. The van der Waals surface area contributed by atoms with Crippen molar-refractivity contribution in [2.24, 2.45) is 0 Å². The summed E-state index contributed by atoms with van der Waals surface area (Å²) in [7, 11) is 0. The van der Waals surface area contributed by atoms with Crippen LogP contribution in [0, 0.1) is 11.3 Å². The number of rotatable bonds is 5. The van der Waals surface area contributed by atoms with Gasteiger partial charge in [-0.05, 0) is 24.5 Å². The quantitative estimate of drug-likeness (QED) is 0.905. The molecule has 1 aromatic rings. The zero-order valence-corrected chi connectivity index (χ0v) is 12.3. The van der Waals surface area contributed by atoms with E-state index in [9.17, 15) is 4.79 Å². The fraction of sp³-hybridized carbons (Fsp3) is 0.562. The number of aromatic nitrogens is 1. The van der Waals surface area contributed by atoms with E-state index in [2.05, 4.69) is 16.4 Å². The molecule has 2 amide bonds. The van der Waals surface area contributed by atoms with Crippen LogP contribution in [0.2, 0.25) is 0 Å². The van der Waals surface area contributed by atoms with Gasteiger partial charge in [0.05, 0.1) is 12.5 Å². The average molecular weight is 286 g/mol. The predicted octanol–water partition coefficient (Wildman–Crippen LogP) is 2.84. The minimum absolute atomic E-state index is 0.0685. The Morgan fingerprint density at radius 3 is 2.90 bits per heavy atom. The zero-order chi connectivity index (χ0) is 14.9. The smallest absolute Gasteiger partial charge is 0.317 e. The number of hydrogen-bond donors (Lipinski definition) is 1. The Balaban J connectivity index is 1.91. The van der Waals surface area contributed by atoms with Crippen LogP contribution in [0.3, 0.4) is 0 Å². The molecular formula is C16H22N4O. The van der Waals surface area contributed by atoms with Crippen molar-refractivity contribution in [2.75, 3.05) is 6.54 Å². The first-order valence-electron chi connectivity index (χ1n) is 7.61. The number of nitrogens with zero attached hydrogens (tertiary/aromatic N) is 3. The molecule has 1 aromatic heterocycles. The third-order valence-electron chi connectivity index (χ3n) is 3.91. The second-order valence-corrected chi connectivity index (χ2v) is 5.41. The first kappa shape index (κ1) is 15.3. The number of urea groups is 1. The Labute approximate surface area is 126 Å². The van der Waals surface area contributed by atoms with E-state index in [-0.39, 0.29) is 12.1 Å². The van der Waals surface area contributed by atoms with Crippen LogP contribution in [0.1, 0.15) is 44.1 Å². The lowest BCUT2D eigenvalue weighted by Gasteiger charge is -2.34. The van der Waals surface area contributed by atoms with E-state index in [4.69, 9.17) is 5.26 Å². The van der Waals surface area contributed by atoms with Gasteiger partial charge in [-0.2, -0.15) is 5.26 Å². The van der Waals surface area contributed by atoms with E-state index >= 15 is 0 Å². The molecule has 1 heterocycles. The summed E-state index contributed by atoms with van der Waals surface area (Å²) in [6.07, 6.45) is 9.54. The summed E-state index contributed by atoms with van der Waals surface area (Å²) >= 11 is 0. The normalized spacial score (nSPS) is 15.2. The van der Waals surface area contributed by atoms with Gasteiger partial charge in [-0.15, -0.1) is 0 Å². The highest BCUT2D eigenvalue weighted by molar-refractivity contribution is 5.74. The summed E-state index contributed by atoms with van der Waals surface area (Å²) in [6, 6.07) is 6.14. The number of hydrogen-bond acceptors (Lipinski definition) is 3. The summed E-state index contributed by atoms with van der Waals surface area (Å²) in [4.78, 5) is 18.3. The topological polar surface area (TPSA) is 69.0 Å². The Bertz CT molecular complexity index is 477. The van der Waals surface area contributed by atoms with Crippen LogP contribution in [0.5, 0.6) is 0 Å². The summed E-state index contributed by atoms with van der Waals surface area (Å²) in [6.45, 7) is 0.989.